The van der Waals surface area contributed by atoms with Crippen LogP contribution in [-0.2, 0) is 4.43 Å². The van der Waals surface area contributed by atoms with Crippen LogP contribution < -0.4 is 0 Å². The first kappa shape index (κ1) is 6.04. The third-order valence-corrected chi connectivity index (χ3v) is 2.27. The van der Waals surface area contributed by atoms with E-state index in [9.17, 15) is 0 Å². The van der Waals surface area contributed by atoms with Crippen molar-refractivity contribution in [3.63, 3.8) is 0 Å². The topological polar surface area (TPSA) is 9.23 Å². The Kier molecular flexibility index (Phi) is 1.86. The van der Waals surface area contributed by atoms with Crippen LogP contribution in [0.25, 0.3) is 0 Å². The van der Waals surface area contributed by atoms with Gasteiger partial charge in [-0.3, -0.25) is 0 Å². The van der Waals surface area contributed by atoms with Crippen LogP contribution in [0.1, 0.15) is 19.3 Å². The van der Waals surface area contributed by atoms with Gasteiger partial charge < -0.3 is 4.43 Å². The molecule has 46 valence electrons. The molecule has 0 aromatic heterocycles. The summed E-state index contributed by atoms with van der Waals surface area (Å²) in [6.45, 7) is 3.90. The molecule has 1 fully saturated rings. The lowest BCUT2D eigenvalue weighted by atomic mass is 10.2. The molecule has 0 saturated heterocycles. The molecule has 1 unspecified atom stereocenters. The molecule has 0 spiro atoms. The largest absolute Gasteiger partial charge is 0.421 e. The summed E-state index contributed by atoms with van der Waals surface area (Å²) in [6, 6.07) is 0. The molecule has 0 bridgehead atoms. The molecule has 8 heavy (non-hydrogen) atoms. The van der Waals surface area contributed by atoms with Crippen LogP contribution in [0.2, 0.25) is 0 Å². The Morgan fingerprint density at radius 3 is 2.75 bits per heavy atom. The standard InChI is InChI=1S/C6H12OSi/c1-5-3-2-4-6(5)7-8/h6H,1-4H2,8H3. The summed E-state index contributed by atoms with van der Waals surface area (Å²) in [7, 11) is 0.859. The van der Waals surface area contributed by atoms with Gasteiger partial charge in [-0.25, -0.2) is 0 Å². The van der Waals surface area contributed by atoms with Crippen LogP contribution in [-0.4, -0.2) is 16.6 Å². The maximum Gasteiger partial charge on any atom is 0.146 e. The molecule has 0 aliphatic heterocycles. The van der Waals surface area contributed by atoms with Gasteiger partial charge in [0.05, 0.1) is 6.10 Å². The van der Waals surface area contributed by atoms with Crippen molar-refractivity contribution in [3.05, 3.63) is 12.2 Å². The minimum atomic E-state index is 0.432. The maximum absolute atomic E-state index is 5.26. The number of hydrogen-bond donors (Lipinski definition) is 0. The van der Waals surface area contributed by atoms with Crippen LogP contribution in [0, 0.1) is 0 Å². The van der Waals surface area contributed by atoms with Gasteiger partial charge in [0.25, 0.3) is 0 Å². The van der Waals surface area contributed by atoms with Crippen LogP contribution in [0.4, 0.5) is 0 Å². The first-order valence-electron chi connectivity index (χ1n) is 3.05. The average Bonchev–Trinajstić information content (AvgIpc) is 2.14. The molecule has 1 saturated carbocycles. The van der Waals surface area contributed by atoms with Crippen molar-refractivity contribution in [1.82, 2.24) is 0 Å². The average molecular weight is 128 g/mol. The zero-order chi connectivity index (χ0) is 5.98. The first-order valence-corrected chi connectivity index (χ1v) is 3.86. The molecule has 1 nitrogen and oxygen atoms in total. The fourth-order valence-electron chi connectivity index (χ4n) is 1.16. The molecule has 0 amide bonds. The van der Waals surface area contributed by atoms with Gasteiger partial charge in [0.1, 0.15) is 10.5 Å². The van der Waals surface area contributed by atoms with E-state index >= 15 is 0 Å². The predicted octanol–water partition coefficient (Wildman–Crippen LogP) is 0.392. The number of hydrogen-bond acceptors (Lipinski definition) is 1. The summed E-state index contributed by atoms with van der Waals surface area (Å²) in [6.07, 6.45) is 4.11. The van der Waals surface area contributed by atoms with Gasteiger partial charge in [0, 0.05) is 0 Å². The lowest BCUT2D eigenvalue weighted by Crippen LogP contribution is -2.05. The van der Waals surface area contributed by atoms with E-state index in [0.29, 0.717) is 6.10 Å². The summed E-state index contributed by atoms with van der Waals surface area (Å²) in [5.41, 5.74) is 1.31. The summed E-state index contributed by atoms with van der Waals surface area (Å²) in [5, 5.41) is 0. The van der Waals surface area contributed by atoms with Crippen molar-refractivity contribution in [2.24, 2.45) is 0 Å². The van der Waals surface area contributed by atoms with Crippen molar-refractivity contribution in [1.29, 1.82) is 0 Å². The number of rotatable bonds is 1. The first-order chi connectivity index (χ1) is 3.84. The SMILES string of the molecule is C=C1CCCC1O[SiH3]. The molecule has 1 rings (SSSR count). The molecule has 0 N–H and O–H groups in total. The Morgan fingerprint density at radius 2 is 2.50 bits per heavy atom. The van der Waals surface area contributed by atoms with Gasteiger partial charge in [-0.05, 0) is 19.3 Å². The highest BCUT2D eigenvalue weighted by Gasteiger charge is 2.16. The molecule has 1 atom stereocenters. The Morgan fingerprint density at radius 1 is 1.75 bits per heavy atom. The molecule has 0 aromatic rings. The van der Waals surface area contributed by atoms with Crippen molar-refractivity contribution in [2.45, 2.75) is 25.4 Å². The second-order valence-corrected chi connectivity index (χ2v) is 2.75. The zero-order valence-electron chi connectivity index (χ0n) is 5.31. The van der Waals surface area contributed by atoms with Gasteiger partial charge >= 0.3 is 0 Å². The van der Waals surface area contributed by atoms with Gasteiger partial charge in [0.2, 0.25) is 0 Å². The van der Waals surface area contributed by atoms with Gasteiger partial charge in [-0.1, -0.05) is 12.2 Å². The summed E-state index contributed by atoms with van der Waals surface area (Å²) in [5.74, 6) is 0. The molecule has 1 aliphatic rings. The van der Waals surface area contributed by atoms with E-state index < -0.39 is 0 Å². The molecule has 2 heteroatoms. The van der Waals surface area contributed by atoms with E-state index in [2.05, 4.69) is 6.58 Å². The van der Waals surface area contributed by atoms with Crippen molar-refractivity contribution in [3.8, 4) is 0 Å². The Hall–Kier alpha value is -0.0831. The van der Waals surface area contributed by atoms with Crippen LogP contribution in [0.5, 0.6) is 0 Å². The summed E-state index contributed by atoms with van der Waals surface area (Å²) >= 11 is 0. The highest BCUT2D eigenvalue weighted by Crippen LogP contribution is 2.24. The van der Waals surface area contributed by atoms with E-state index in [1.165, 1.54) is 24.8 Å². The second-order valence-electron chi connectivity index (χ2n) is 2.27. The van der Waals surface area contributed by atoms with Crippen molar-refractivity contribution >= 4 is 10.5 Å². The Labute approximate surface area is 53.3 Å². The molecule has 1 aliphatic carbocycles. The van der Waals surface area contributed by atoms with Gasteiger partial charge in [0.15, 0.2) is 0 Å². The minimum absolute atomic E-state index is 0.432. The Bertz CT molecular complexity index is 101. The summed E-state index contributed by atoms with van der Waals surface area (Å²) in [4.78, 5) is 0. The van der Waals surface area contributed by atoms with Gasteiger partial charge in [-0.15, -0.1) is 0 Å². The van der Waals surface area contributed by atoms with E-state index in [1.54, 1.807) is 0 Å². The van der Waals surface area contributed by atoms with E-state index in [0.717, 1.165) is 10.5 Å². The third kappa shape index (κ3) is 1.01. The van der Waals surface area contributed by atoms with E-state index in [1.807, 2.05) is 0 Å². The lowest BCUT2D eigenvalue weighted by molar-refractivity contribution is 0.269. The van der Waals surface area contributed by atoms with Crippen molar-refractivity contribution < 1.29 is 4.43 Å². The fraction of sp³-hybridized carbons (Fsp3) is 0.667. The predicted molar refractivity (Wildman–Crippen MR) is 37.8 cm³/mol. The highest BCUT2D eigenvalue weighted by atomic mass is 28.2. The van der Waals surface area contributed by atoms with Crippen LogP contribution >= 0.6 is 0 Å². The maximum atomic E-state index is 5.26. The quantitative estimate of drug-likeness (QED) is 0.367. The molecule has 0 aromatic carbocycles. The van der Waals surface area contributed by atoms with E-state index in [-0.39, 0.29) is 0 Å². The van der Waals surface area contributed by atoms with Crippen molar-refractivity contribution in [2.75, 3.05) is 0 Å². The van der Waals surface area contributed by atoms with Crippen LogP contribution in [0.15, 0.2) is 12.2 Å². The monoisotopic (exact) mass is 128 g/mol. The van der Waals surface area contributed by atoms with Gasteiger partial charge in [-0.2, -0.15) is 0 Å². The Balaban J connectivity index is 2.42. The highest BCUT2D eigenvalue weighted by molar-refractivity contribution is 5.98. The molecule has 0 radical (unpaired) electrons. The van der Waals surface area contributed by atoms with E-state index in [4.69, 9.17) is 4.43 Å². The zero-order valence-corrected chi connectivity index (χ0v) is 7.31. The summed E-state index contributed by atoms with van der Waals surface area (Å²) < 4.78 is 5.26. The second kappa shape index (κ2) is 2.46. The minimum Gasteiger partial charge on any atom is -0.421 e. The smallest absolute Gasteiger partial charge is 0.146 e. The lowest BCUT2D eigenvalue weighted by Gasteiger charge is -2.06. The third-order valence-electron chi connectivity index (χ3n) is 1.70. The normalized spacial score (nSPS) is 29.5. The molecular formula is C6H12OSi. The fourth-order valence-corrected chi connectivity index (χ4v) is 1.73. The molecule has 0 heterocycles. The van der Waals surface area contributed by atoms with Crippen LogP contribution in [0.3, 0.4) is 0 Å². The molecular weight excluding hydrogens is 116 g/mol.